The summed E-state index contributed by atoms with van der Waals surface area (Å²) < 4.78 is 5.91. The van der Waals surface area contributed by atoms with Crippen molar-refractivity contribution in [3.05, 3.63) is 88.4 Å². The maximum absolute atomic E-state index is 14.3. The zero-order chi connectivity index (χ0) is 40.2. The summed E-state index contributed by atoms with van der Waals surface area (Å²) >= 11 is 1.40. The van der Waals surface area contributed by atoms with Crippen LogP contribution in [0.15, 0.2) is 73.1 Å². The van der Waals surface area contributed by atoms with E-state index in [1.54, 1.807) is 30.4 Å². The highest BCUT2D eigenvalue weighted by Gasteiger charge is 2.39. The van der Waals surface area contributed by atoms with Crippen LogP contribution < -0.4 is 10.1 Å². The van der Waals surface area contributed by atoms with Gasteiger partial charge in [0.1, 0.15) is 17.8 Å². The fraction of sp³-hybridized carbons (Fsp3) is 0.455. The summed E-state index contributed by atoms with van der Waals surface area (Å²) in [4.78, 5) is 66.1. The first-order chi connectivity index (χ1) is 26.8. The van der Waals surface area contributed by atoms with Crippen LogP contribution in [0.4, 0.5) is 0 Å². The Bertz CT molecular complexity index is 1920. The molecule has 56 heavy (non-hydrogen) atoms. The maximum atomic E-state index is 14.3. The average Bonchev–Trinajstić information content (AvgIpc) is 3.90. The summed E-state index contributed by atoms with van der Waals surface area (Å²) in [5.74, 6) is -0.601. The van der Waals surface area contributed by atoms with Crippen LogP contribution in [0.1, 0.15) is 99.2 Å². The number of likely N-dealkylation sites (tertiary alicyclic amines) is 1. The van der Waals surface area contributed by atoms with Crippen LogP contribution in [-0.4, -0.2) is 87.4 Å². The minimum Gasteiger partial charge on any atom is -0.494 e. The van der Waals surface area contributed by atoms with Crippen molar-refractivity contribution in [3.8, 4) is 28.3 Å². The maximum Gasteiger partial charge on any atom is 0.305 e. The van der Waals surface area contributed by atoms with Crippen LogP contribution in [0.25, 0.3) is 22.5 Å². The highest BCUT2D eigenvalue weighted by atomic mass is 32.1. The molecule has 1 aliphatic heterocycles. The number of unbranched alkanes of at least 4 members (excludes halogenated alkanes) is 4. The van der Waals surface area contributed by atoms with E-state index in [0.29, 0.717) is 36.7 Å². The highest BCUT2D eigenvalue weighted by molar-refractivity contribution is 7.14. The third-order valence-electron chi connectivity index (χ3n) is 10.0. The first-order valence-electron chi connectivity index (χ1n) is 19.7. The molecule has 0 aliphatic carbocycles. The Morgan fingerprint density at radius 2 is 1.61 bits per heavy atom. The molecule has 0 spiro atoms. The molecule has 0 radical (unpaired) electrons. The topological polar surface area (TPSA) is 142 Å². The van der Waals surface area contributed by atoms with E-state index in [4.69, 9.17) is 9.84 Å². The normalized spacial score (nSPS) is 14.7. The average molecular weight is 782 g/mol. The molecular weight excluding hydrogens is 727 g/mol. The SMILES string of the molecule is CCCCCCCOc1ccc(-c2cnc(-c3ccc(CC(NC(=O)c4ccc(C(C)(C)C)s4)C(=O)N4CCC[C@H]4C(=O)N(C)CCC(=O)O)cc3)nc2)cc1. The molecule has 1 saturated heterocycles. The first kappa shape index (κ1) is 42.1. The molecule has 5 rings (SSSR count). The van der Waals surface area contributed by atoms with Crippen LogP contribution >= 0.6 is 11.3 Å². The number of aliphatic carboxylic acids is 1. The minimum atomic E-state index is -1.00. The van der Waals surface area contributed by atoms with Crippen molar-refractivity contribution in [2.75, 3.05) is 26.7 Å². The van der Waals surface area contributed by atoms with Gasteiger partial charge >= 0.3 is 5.97 Å². The van der Waals surface area contributed by atoms with Gasteiger partial charge in [-0.2, -0.15) is 0 Å². The summed E-state index contributed by atoms with van der Waals surface area (Å²) in [6.45, 7) is 9.59. The van der Waals surface area contributed by atoms with E-state index >= 15 is 0 Å². The predicted molar refractivity (Wildman–Crippen MR) is 220 cm³/mol. The second kappa shape index (κ2) is 19.7. The Morgan fingerprint density at radius 1 is 0.929 bits per heavy atom. The van der Waals surface area contributed by atoms with E-state index in [0.717, 1.165) is 39.3 Å². The Morgan fingerprint density at radius 3 is 2.25 bits per heavy atom. The number of aromatic nitrogens is 2. The standard InChI is InChI=1S/C44H55N5O6S/c1-6-7-8-9-10-26-55-34-19-17-31(18-20-34)33-28-45-40(46-29-33)32-15-13-30(14-16-32)27-35(47-41(52)37-21-22-38(56-37)44(2,3)4)42(53)49-24-11-12-36(49)43(54)48(5)25-23-39(50)51/h13-22,28-29,35-36H,6-12,23-27H2,1-5H3,(H,47,52)(H,50,51)/t35?,36-/m0/s1. The molecule has 2 N–H and O–H groups in total. The van der Waals surface area contributed by atoms with Gasteiger partial charge in [-0.1, -0.05) is 89.8 Å². The monoisotopic (exact) mass is 781 g/mol. The third-order valence-corrected chi connectivity index (χ3v) is 11.5. The van der Waals surface area contributed by atoms with Gasteiger partial charge in [0.25, 0.3) is 5.91 Å². The van der Waals surface area contributed by atoms with Crippen LogP contribution in [0.5, 0.6) is 5.75 Å². The largest absolute Gasteiger partial charge is 0.494 e. The molecule has 4 aromatic rings. The lowest BCUT2D eigenvalue weighted by Gasteiger charge is -2.31. The molecule has 3 amide bonds. The third kappa shape index (κ3) is 11.5. The molecule has 2 aromatic heterocycles. The number of carboxylic acid groups (broad SMARTS) is 1. The van der Waals surface area contributed by atoms with Crippen LogP contribution in [0, 0.1) is 0 Å². The minimum absolute atomic E-state index is 0.0437. The number of nitrogens with one attached hydrogen (secondary N) is 1. The van der Waals surface area contributed by atoms with Crippen molar-refractivity contribution < 1.29 is 29.0 Å². The second-order valence-electron chi connectivity index (χ2n) is 15.5. The van der Waals surface area contributed by atoms with Crippen molar-refractivity contribution in [1.29, 1.82) is 0 Å². The van der Waals surface area contributed by atoms with E-state index in [2.05, 4.69) is 43.0 Å². The molecule has 298 valence electrons. The number of carboxylic acids is 1. The Kier molecular flexibility index (Phi) is 14.8. The van der Waals surface area contributed by atoms with Crippen LogP contribution in [0.3, 0.4) is 0 Å². The van der Waals surface area contributed by atoms with Crippen LogP contribution in [-0.2, 0) is 26.2 Å². The molecule has 0 bridgehead atoms. The predicted octanol–water partition coefficient (Wildman–Crippen LogP) is 7.78. The smallest absolute Gasteiger partial charge is 0.305 e. The fourth-order valence-corrected chi connectivity index (χ4v) is 7.67. The van der Waals surface area contributed by atoms with E-state index < -0.39 is 18.1 Å². The highest BCUT2D eigenvalue weighted by Crippen LogP contribution is 2.30. The van der Waals surface area contributed by atoms with Gasteiger partial charge in [-0.05, 0) is 60.1 Å². The number of carbonyl (C=O) groups is 4. The van der Waals surface area contributed by atoms with Gasteiger partial charge in [0.2, 0.25) is 11.8 Å². The van der Waals surface area contributed by atoms with Gasteiger partial charge in [-0.15, -0.1) is 11.3 Å². The molecule has 3 heterocycles. The van der Waals surface area contributed by atoms with Gasteiger partial charge in [-0.3, -0.25) is 19.2 Å². The van der Waals surface area contributed by atoms with Crippen molar-refractivity contribution in [2.24, 2.45) is 0 Å². The van der Waals surface area contributed by atoms with Gasteiger partial charge in [0.15, 0.2) is 5.82 Å². The van der Waals surface area contributed by atoms with E-state index in [1.165, 1.54) is 41.9 Å². The van der Waals surface area contributed by atoms with Crippen molar-refractivity contribution in [3.63, 3.8) is 0 Å². The fourth-order valence-electron chi connectivity index (χ4n) is 6.70. The zero-order valence-corrected chi connectivity index (χ0v) is 34.1. The van der Waals surface area contributed by atoms with Crippen molar-refractivity contribution >= 4 is 35.0 Å². The Hall–Kier alpha value is -5.10. The zero-order valence-electron chi connectivity index (χ0n) is 33.3. The van der Waals surface area contributed by atoms with E-state index in [9.17, 15) is 19.2 Å². The number of rotatable bonds is 18. The van der Waals surface area contributed by atoms with Gasteiger partial charge < -0.3 is 25.0 Å². The van der Waals surface area contributed by atoms with Gasteiger partial charge in [0, 0.05) is 55.0 Å². The van der Waals surface area contributed by atoms with Gasteiger partial charge in [-0.25, -0.2) is 9.97 Å². The first-order valence-corrected chi connectivity index (χ1v) is 20.5. The Balaban J connectivity index is 1.27. The lowest BCUT2D eigenvalue weighted by atomic mass is 9.95. The summed E-state index contributed by atoms with van der Waals surface area (Å²) in [7, 11) is 1.55. The quantitative estimate of drug-likeness (QED) is 0.0976. The van der Waals surface area contributed by atoms with E-state index in [1.807, 2.05) is 54.6 Å². The lowest BCUT2D eigenvalue weighted by molar-refractivity contribution is -0.145. The molecule has 12 heteroatoms. The molecule has 1 fully saturated rings. The number of nitrogens with zero attached hydrogens (tertiary/aromatic N) is 4. The molecule has 2 atom stereocenters. The van der Waals surface area contributed by atoms with E-state index in [-0.39, 0.29) is 42.5 Å². The molecular formula is C44H55N5O6S. The Labute approximate surface area is 334 Å². The number of carbonyl (C=O) groups excluding carboxylic acids is 3. The second-order valence-corrected chi connectivity index (χ2v) is 16.6. The van der Waals surface area contributed by atoms with Crippen LogP contribution in [0.2, 0.25) is 0 Å². The number of hydrogen-bond acceptors (Lipinski definition) is 8. The van der Waals surface area contributed by atoms with Gasteiger partial charge in [0.05, 0.1) is 17.9 Å². The number of benzene rings is 2. The summed E-state index contributed by atoms with van der Waals surface area (Å²) in [6.07, 6.45) is 10.7. The molecule has 11 nitrogen and oxygen atoms in total. The summed E-state index contributed by atoms with van der Waals surface area (Å²) in [5, 5.41) is 12.1. The molecule has 1 aliphatic rings. The van der Waals surface area contributed by atoms with Crippen molar-refractivity contribution in [1.82, 2.24) is 25.1 Å². The number of hydrogen-bond donors (Lipinski definition) is 2. The molecule has 0 saturated carbocycles. The van der Waals surface area contributed by atoms with Crippen molar-refractivity contribution in [2.45, 2.75) is 103 Å². The number of amides is 3. The number of thiophene rings is 1. The molecule has 2 aromatic carbocycles. The molecule has 1 unspecified atom stereocenters. The summed E-state index contributed by atoms with van der Waals surface area (Å²) in [6, 6.07) is 17.6. The summed E-state index contributed by atoms with van der Waals surface area (Å²) in [5.41, 5.74) is 3.37. The number of likely N-dealkylation sites (N-methyl/N-ethyl adjacent to an activating group) is 1. The lowest BCUT2D eigenvalue weighted by Crippen LogP contribution is -2.54. The number of ether oxygens (including phenoxy) is 1.